The Hall–Kier alpha value is -1.80. The molecule has 0 fully saturated rings. The average Bonchev–Trinajstić information content (AvgIpc) is 2.52. The highest BCUT2D eigenvalue weighted by molar-refractivity contribution is 7.91. The molecule has 1 aromatic carbocycles. The van der Waals surface area contributed by atoms with Gasteiger partial charge in [0.2, 0.25) is 5.91 Å². The summed E-state index contributed by atoms with van der Waals surface area (Å²) in [6.45, 7) is 1.10. The number of carbonyl (C=O) groups is 1. The van der Waals surface area contributed by atoms with Crippen molar-refractivity contribution in [2.75, 3.05) is 40.1 Å². The third-order valence-corrected chi connectivity index (χ3v) is 4.72. The van der Waals surface area contributed by atoms with Gasteiger partial charge in [-0.2, -0.15) is 0 Å². The molecule has 0 heterocycles. The second-order valence-corrected chi connectivity index (χ2v) is 6.65. The molecular weight excluding hydrogens is 308 g/mol. The van der Waals surface area contributed by atoms with Gasteiger partial charge in [0.25, 0.3) is 0 Å². The summed E-state index contributed by atoms with van der Waals surface area (Å²) in [7, 11) is 1.12. The Morgan fingerprint density at radius 2 is 1.82 bits per heavy atom. The maximum atomic E-state index is 12.2. The lowest BCUT2D eigenvalue weighted by atomic mass is 10.3. The molecule has 0 atom stereocenters. The molecule has 8 heteroatoms. The first-order valence-corrected chi connectivity index (χ1v) is 8.46. The lowest BCUT2D eigenvalue weighted by Crippen LogP contribution is -2.31. The summed E-state index contributed by atoms with van der Waals surface area (Å²) < 4.78 is 34.6. The summed E-state index contributed by atoms with van der Waals surface area (Å²) >= 11 is 0. The van der Waals surface area contributed by atoms with Crippen LogP contribution < -0.4 is 20.1 Å². The zero-order valence-electron chi connectivity index (χ0n) is 13.0. The van der Waals surface area contributed by atoms with Crippen LogP contribution in [0.15, 0.2) is 23.1 Å². The van der Waals surface area contributed by atoms with Gasteiger partial charge >= 0.3 is 0 Å². The predicted octanol–water partition coefficient (Wildman–Crippen LogP) is 0.203. The van der Waals surface area contributed by atoms with E-state index < -0.39 is 9.84 Å². The number of sulfone groups is 1. The van der Waals surface area contributed by atoms with Crippen molar-refractivity contribution < 1.29 is 22.7 Å². The van der Waals surface area contributed by atoms with Crippen molar-refractivity contribution in [3.63, 3.8) is 0 Å². The number of benzene rings is 1. The van der Waals surface area contributed by atoms with E-state index in [-0.39, 0.29) is 23.0 Å². The third kappa shape index (κ3) is 5.19. The number of amides is 1. The van der Waals surface area contributed by atoms with Gasteiger partial charge < -0.3 is 20.1 Å². The van der Waals surface area contributed by atoms with Crippen LogP contribution >= 0.6 is 0 Å². The first-order chi connectivity index (χ1) is 10.4. The fourth-order valence-electron chi connectivity index (χ4n) is 1.77. The zero-order valence-corrected chi connectivity index (χ0v) is 13.8. The van der Waals surface area contributed by atoms with E-state index in [4.69, 9.17) is 9.47 Å². The standard InChI is InChI=1S/C14H22N2O5S/c1-15-7-8-16-14(17)6-9-22(18,19)11-4-5-12(20-2)13(10-11)21-3/h4-5,10,15H,6-9H2,1-3H3,(H,16,17). The van der Waals surface area contributed by atoms with Crippen LogP contribution in [0.2, 0.25) is 0 Å². The summed E-state index contributed by atoms with van der Waals surface area (Å²) in [4.78, 5) is 11.7. The van der Waals surface area contributed by atoms with Crippen molar-refractivity contribution in [3.05, 3.63) is 18.2 Å². The minimum atomic E-state index is -3.56. The molecule has 0 aromatic heterocycles. The lowest BCUT2D eigenvalue weighted by Gasteiger charge is -2.10. The van der Waals surface area contributed by atoms with Gasteiger partial charge in [0.05, 0.1) is 24.9 Å². The van der Waals surface area contributed by atoms with Crippen LogP contribution in [0, 0.1) is 0 Å². The largest absolute Gasteiger partial charge is 0.493 e. The second-order valence-electron chi connectivity index (χ2n) is 4.54. The Kier molecular flexibility index (Phi) is 7.13. The lowest BCUT2D eigenvalue weighted by molar-refractivity contribution is -0.120. The van der Waals surface area contributed by atoms with Crippen LogP contribution in [0.3, 0.4) is 0 Å². The van der Waals surface area contributed by atoms with Gasteiger partial charge in [0.15, 0.2) is 21.3 Å². The van der Waals surface area contributed by atoms with Gasteiger partial charge in [-0.15, -0.1) is 0 Å². The molecule has 0 bridgehead atoms. The van der Waals surface area contributed by atoms with Crippen LogP contribution in [0.4, 0.5) is 0 Å². The minimum Gasteiger partial charge on any atom is -0.493 e. The van der Waals surface area contributed by atoms with Crippen molar-refractivity contribution in [2.45, 2.75) is 11.3 Å². The maximum absolute atomic E-state index is 12.2. The van der Waals surface area contributed by atoms with E-state index in [1.165, 1.54) is 32.4 Å². The number of hydrogen-bond acceptors (Lipinski definition) is 6. The van der Waals surface area contributed by atoms with Crippen molar-refractivity contribution in [1.29, 1.82) is 0 Å². The number of ether oxygens (including phenoxy) is 2. The van der Waals surface area contributed by atoms with E-state index >= 15 is 0 Å². The van der Waals surface area contributed by atoms with Gasteiger partial charge in [0, 0.05) is 25.6 Å². The molecule has 124 valence electrons. The van der Waals surface area contributed by atoms with E-state index in [0.29, 0.717) is 24.6 Å². The number of nitrogens with one attached hydrogen (secondary N) is 2. The highest BCUT2D eigenvalue weighted by atomic mass is 32.2. The van der Waals surface area contributed by atoms with E-state index in [9.17, 15) is 13.2 Å². The van der Waals surface area contributed by atoms with E-state index in [1.807, 2.05) is 0 Å². The Morgan fingerprint density at radius 1 is 1.14 bits per heavy atom. The van der Waals surface area contributed by atoms with Crippen molar-refractivity contribution in [3.8, 4) is 11.5 Å². The molecule has 0 radical (unpaired) electrons. The fourth-order valence-corrected chi connectivity index (χ4v) is 3.02. The van der Waals surface area contributed by atoms with E-state index in [2.05, 4.69) is 10.6 Å². The Morgan fingerprint density at radius 3 is 2.41 bits per heavy atom. The molecule has 22 heavy (non-hydrogen) atoms. The first-order valence-electron chi connectivity index (χ1n) is 6.80. The molecule has 0 spiro atoms. The molecular formula is C14H22N2O5S. The molecule has 0 aliphatic heterocycles. The van der Waals surface area contributed by atoms with Gasteiger partial charge in [-0.05, 0) is 19.2 Å². The monoisotopic (exact) mass is 330 g/mol. The molecule has 0 aliphatic rings. The number of carbonyl (C=O) groups excluding carboxylic acids is 1. The first kappa shape index (κ1) is 18.2. The third-order valence-electron chi connectivity index (χ3n) is 3.01. The molecule has 7 nitrogen and oxygen atoms in total. The molecule has 0 unspecified atom stereocenters. The Labute approximate surface area is 130 Å². The topological polar surface area (TPSA) is 93.7 Å². The molecule has 1 amide bonds. The van der Waals surface area contributed by atoms with Crippen LogP contribution in [0.25, 0.3) is 0 Å². The fraction of sp³-hybridized carbons (Fsp3) is 0.500. The summed E-state index contributed by atoms with van der Waals surface area (Å²) in [5, 5.41) is 5.52. The Bertz CT molecular complexity index is 601. The van der Waals surface area contributed by atoms with Gasteiger partial charge in [-0.25, -0.2) is 8.42 Å². The molecule has 0 aliphatic carbocycles. The van der Waals surface area contributed by atoms with Crippen LogP contribution in [0.5, 0.6) is 11.5 Å². The smallest absolute Gasteiger partial charge is 0.221 e. The minimum absolute atomic E-state index is 0.0829. The summed E-state index contributed by atoms with van der Waals surface area (Å²) in [6.07, 6.45) is -0.0829. The van der Waals surface area contributed by atoms with Gasteiger partial charge in [-0.1, -0.05) is 0 Å². The number of likely N-dealkylation sites (N-methyl/N-ethyl adjacent to an activating group) is 1. The summed E-state index contributed by atoms with van der Waals surface area (Å²) in [5.74, 6) is 0.237. The van der Waals surface area contributed by atoms with Crippen LogP contribution in [-0.4, -0.2) is 54.4 Å². The molecule has 1 rings (SSSR count). The quantitative estimate of drug-likeness (QED) is 0.629. The second kappa shape index (κ2) is 8.60. The van der Waals surface area contributed by atoms with Crippen molar-refractivity contribution in [1.82, 2.24) is 10.6 Å². The van der Waals surface area contributed by atoms with Crippen molar-refractivity contribution >= 4 is 15.7 Å². The molecule has 0 saturated heterocycles. The zero-order chi connectivity index (χ0) is 16.6. The number of methoxy groups -OCH3 is 2. The van der Waals surface area contributed by atoms with E-state index in [0.717, 1.165) is 0 Å². The average molecular weight is 330 g/mol. The molecule has 1 aromatic rings. The van der Waals surface area contributed by atoms with Crippen LogP contribution in [0.1, 0.15) is 6.42 Å². The van der Waals surface area contributed by atoms with Gasteiger partial charge in [-0.3, -0.25) is 4.79 Å². The summed E-state index contributed by atoms with van der Waals surface area (Å²) in [6, 6.07) is 4.36. The highest BCUT2D eigenvalue weighted by Crippen LogP contribution is 2.29. The van der Waals surface area contributed by atoms with Gasteiger partial charge in [0.1, 0.15) is 0 Å². The molecule has 2 N–H and O–H groups in total. The number of rotatable bonds is 9. The normalized spacial score (nSPS) is 11.0. The summed E-state index contributed by atoms with van der Waals surface area (Å²) in [5.41, 5.74) is 0. The Balaban J connectivity index is 2.72. The van der Waals surface area contributed by atoms with Crippen LogP contribution in [-0.2, 0) is 14.6 Å². The number of hydrogen-bond donors (Lipinski definition) is 2. The maximum Gasteiger partial charge on any atom is 0.221 e. The van der Waals surface area contributed by atoms with E-state index in [1.54, 1.807) is 7.05 Å². The predicted molar refractivity (Wildman–Crippen MR) is 83.2 cm³/mol. The SMILES string of the molecule is CNCCNC(=O)CCS(=O)(=O)c1ccc(OC)c(OC)c1. The highest BCUT2D eigenvalue weighted by Gasteiger charge is 2.18. The van der Waals surface area contributed by atoms with Crippen molar-refractivity contribution in [2.24, 2.45) is 0 Å². The molecule has 0 saturated carbocycles.